The molecule has 158 valence electrons. The summed E-state index contributed by atoms with van der Waals surface area (Å²) in [5.41, 5.74) is 0. The van der Waals surface area contributed by atoms with Gasteiger partial charge in [-0.25, -0.2) is 4.99 Å². The second-order valence-corrected chi connectivity index (χ2v) is 8.10. The molecule has 0 aromatic heterocycles. The Balaban J connectivity index is 0.00000364. The molecule has 0 aromatic carbocycles. The Morgan fingerprint density at radius 2 is 1.93 bits per heavy atom. The van der Waals surface area contributed by atoms with Crippen LogP contribution in [0.5, 0.6) is 0 Å². The topological polar surface area (TPSA) is 66.0 Å². The van der Waals surface area contributed by atoms with Crippen molar-refractivity contribution in [3.8, 4) is 0 Å². The number of aliphatic imine (C=N–C) groups is 1. The van der Waals surface area contributed by atoms with Gasteiger partial charge in [-0.2, -0.15) is 0 Å². The van der Waals surface area contributed by atoms with Gasteiger partial charge < -0.3 is 20.3 Å². The average Bonchev–Trinajstić information content (AvgIpc) is 3.16. The van der Waals surface area contributed by atoms with Crippen LogP contribution >= 0.6 is 24.0 Å². The standard InChI is InChI=1S/C20H38N4O2.HI/c1-16(11-12-17-8-5-4-6-9-17)23-20(22-15-19(25)24(2)3)21-14-18-10-7-13-26-18;/h16-18H,4-15H2,1-3H3,(H2,21,22,23);1H. The molecule has 2 unspecified atom stereocenters. The Kier molecular flexibility index (Phi) is 12.3. The minimum Gasteiger partial charge on any atom is -0.376 e. The first kappa shape index (κ1) is 24.5. The van der Waals surface area contributed by atoms with Crippen molar-refractivity contribution < 1.29 is 9.53 Å². The van der Waals surface area contributed by atoms with E-state index in [0.717, 1.165) is 44.3 Å². The lowest BCUT2D eigenvalue weighted by atomic mass is 9.85. The van der Waals surface area contributed by atoms with Gasteiger partial charge in [0.05, 0.1) is 6.10 Å². The molecular weight excluding hydrogens is 455 g/mol. The predicted molar refractivity (Wildman–Crippen MR) is 122 cm³/mol. The van der Waals surface area contributed by atoms with Crippen LogP contribution < -0.4 is 10.6 Å². The summed E-state index contributed by atoms with van der Waals surface area (Å²) in [5, 5.41) is 6.86. The maximum atomic E-state index is 11.9. The van der Waals surface area contributed by atoms with Gasteiger partial charge in [0.25, 0.3) is 0 Å². The third-order valence-corrected chi connectivity index (χ3v) is 5.51. The number of amides is 1. The molecule has 2 rings (SSSR count). The van der Waals surface area contributed by atoms with Gasteiger partial charge in [-0.3, -0.25) is 4.79 Å². The molecule has 2 N–H and O–H groups in total. The molecule has 27 heavy (non-hydrogen) atoms. The zero-order valence-corrected chi connectivity index (χ0v) is 19.7. The van der Waals surface area contributed by atoms with E-state index < -0.39 is 0 Å². The smallest absolute Gasteiger partial charge is 0.243 e. The fourth-order valence-corrected chi connectivity index (χ4v) is 3.72. The van der Waals surface area contributed by atoms with Crippen molar-refractivity contribution in [3.05, 3.63) is 0 Å². The molecule has 0 spiro atoms. The lowest BCUT2D eigenvalue weighted by Gasteiger charge is -2.24. The van der Waals surface area contributed by atoms with E-state index in [2.05, 4.69) is 22.5 Å². The van der Waals surface area contributed by atoms with Gasteiger partial charge in [-0.15, -0.1) is 24.0 Å². The second-order valence-electron chi connectivity index (χ2n) is 8.10. The van der Waals surface area contributed by atoms with Crippen LogP contribution in [0, 0.1) is 5.92 Å². The molecule has 1 aliphatic heterocycles. The van der Waals surface area contributed by atoms with Crippen molar-refractivity contribution in [2.45, 2.75) is 76.9 Å². The zero-order chi connectivity index (χ0) is 18.8. The van der Waals surface area contributed by atoms with E-state index >= 15 is 0 Å². The minimum absolute atomic E-state index is 0. The normalized spacial score (nSPS) is 22.0. The van der Waals surface area contributed by atoms with Crippen LogP contribution in [0.1, 0.15) is 64.7 Å². The summed E-state index contributed by atoms with van der Waals surface area (Å²) in [6.07, 6.45) is 11.9. The number of rotatable bonds is 8. The highest BCUT2D eigenvalue weighted by atomic mass is 127. The summed E-state index contributed by atoms with van der Waals surface area (Å²) in [5.74, 6) is 1.63. The molecule has 2 fully saturated rings. The highest BCUT2D eigenvalue weighted by molar-refractivity contribution is 14.0. The molecule has 0 radical (unpaired) electrons. The van der Waals surface area contributed by atoms with E-state index in [1.165, 1.54) is 38.5 Å². The Bertz CT molecular complexity index is 447. The van der Waals surface area contributed by atoms with E-state index in [1.54, 1.807) is 19.0 Å². The molecule has 1 amide bonds. The number of ether oxygens (including phenoxy) is 1. The van der Waals surface area contributed by atoms with Crippen molar-refractivity contribution in [1.82, 2.24) is 15.5 Å². The summed E-state index contributed by atoms with van der Waals surface area (Å²) >= 11 is 0. The maximum Gasteiger partial charge on any atom is 0.243 e. The molecule has 1 heterocycles. The molecule has 0 aromatic rings. The van der Waals surface area contributed by atoms with Gasteiger partial charge in [0.2, 0.25) is 5.91 Å². The van der Waals surface area contributed by atoms with Gasteiger partial charge in [0.15, 0.2) is 5.96 Å². The second kappa shape index (κ2) is 13.6. The molecule has 1 saturated carbocycles. The number of nitrogens with zero attached hydrogens (tertiary/aromatic N) is 2. The van der Waals surface area contributed by atoms with Gasteiger partial charge in [0, 0.05) is 33.3 Å². The van der Waals surface area contributed by atoms with E-state index in [9.17, 15) is 4.79 Å². The summed E-state index contributed by atoms with van der Waals surface area (Å²) in [4.78, 5) is 17.9. The molecule has 2 aliphatic rings. The quantitative estimate of drug-likeness (QED) is 0.309. The number of halogens is 1. The third-order valence-electron chi connectivity index (χ3n) is 5.51. The number of nitrogens with one attached hydrogen (secondary N) is 2. The number of carbonyl (C=O) groups is 1. The van der Waals surface area contributed by atoms with Crippen molar-refractivity contribution in [1.29, 1.82) is 0 Å². The number of hydrogen-bond acceptors (Lipinski definition) is 3. The number of likely N-dealkylation sites (N-methyl/N-ethyl adjacent to an activating group) is 1. The molecular formula is C20H39IN4O2. The lowest BCUT2D eigenvalue weighted by Crippen LogP contribution is -2.45. The Hall–Kier alpha value is -0.570. The Morgan fingerprint density at radius 3 is 2.56 bits per heavy atom. The highest BCUT2D eigenvalue weighted by Gasteiger charge is 2.18. The summed E-state index contributed by atoms with van der Waals surface area (Å²) in [7, 11) is 3.52. The van der Waals surface area contributed by atoms with Crippen LogP contribution in [-0.2, 0) is 9.53 Å². The van der Waals surface area contributed by atoms with Crippen LogP contribution in [0.25, 0.3) is 0 Å². The van der Waals surface area contributed by atoms with Gasteiger partial charge in [-0.1, -0.05) is 32.1 Å². The van der Waals surface area contributed by atoms with Crippen molar-refractivity contribution >= 4 is 35.8 Å². The number of guanidine groups is 1. The van der Waals surface area contributed by atoms with Crippen LogP contribution in [0.15, 0.2) is 4.99 Å². The first-order valence-corrected chi connectivity index (χ1v) is 10.4. The van der Waals surface area contributed by atoms with Crippen LogP contribution in [-0.4, -0.2) is 62.7 Å². The Labute approximate surface area is 182 Å². The summed E-state index contributed by atoms with van der Waals surface area (Å²) < 4.78 is 5.68. The number of hydrogen-bond donors (Lipinski definition) is 2. The first-order valence-electron chi connectivity index (χ1n) is 10.4. The van der Waals surface area contributed by atoms with E-state index in [0.29, 0.717) is 6.04 Å². The van der Waals surface area contributed by atoms with Crippen LogP contribution in [0.2, 0.25) is 0 Å². The maximum absolute atomic E-state index is 11.9. The van der Waals surface area contributed by atoms with E-state index in [-0.39, 0.29) is 42.5 Å². The molecule has 1 aliphatic carbocycles. The van der Waals surface area contributed by atoms with Crippen LogP contribution in [0.4, 0.5) is 0 Å². The average molecular weight is 494 g/mol. The summed E-state index contributed by atoms with van der Waals surface area (Å²) in [6, 6.07) is 0.349. The fourth-order valence-electron chi connectivity index (χ4n) is 3.72. The molecule has 7 heteroatoms. The van der Waals surface area contributed by atoms with Gasteiger partial charge in [0.1, 0.15) is 6.54 Å². The predicted octanol–water partition coefficient (Wildman–Crippen LogP) is 3.16. The highest BCUT2D eigenvalue weighted by Crippen LogP contribution is 2.27. The zero-order valence-electron chi connectivity index (χ0n) is 17.3. The van der Waals surface area contributed by atoms with E-state index in [1.807, 2.05) is 0 Å². The SMILES string of the molecule is CC(CCC1CCCCC1)NC(=NCC(=O)N(C)C)NCC1CCCO1.I. The van der Waals surface area contributed by atoms with Gasteiger partial charge >= 0.3 is 0 Å². The van der Waals surface area contributed by atoms with Crippen molar-refractivity contribution in [2.24, 2.45) is 10.9 Å². The molecule has 1 saturated heterocycles. The van der Waals surface area contributed by atoms with E-state index in [4.69, 9.17) is 4.74 Å². The monoisotopic (exact) mass is 494 g/mol. The minimum atomic E-state index is 0. The third kappa shape index (κ3) is 9.96. The van der Waals surface area contributed by atoms with Crippen LogP contribution in [0.3, 0.4) is 0 Å². The molecule has 0 bridgehead atoms. The largest absolute Gasteiger partial charge is 0.376 e. The Morgan fingerprint density at radius 1 is 1.19 bits per heavy atom. The molecule has 6 nitrogen and oxygen atoms in total. The fraction of sp³-hybridized carbons (Fsp3) is 0.900. The number of carbonyl (C=O) groups excluding carboxylic acids is 1. The first-order chi connectivity index (χ1) is 12.5. The van der Waals surface area contributed by atoms with Crippen molar-refractivity contribution in [2.75, 3.05) is 33.8 Å². The van der Waals surface area contributed by atoms with Crippen molar-refractivity contribution in [3.63, 3.8) is 0 Å². The molecule has 2 atom stereocenters. The van der Waals surface area contributed by atoms with Gasteiger partial charge in [-0.05, 0) is 38.5 Å². The summed E-state index contributed by atoms with van der Waals surface area (Å²) in [6.45, 7) is 3.98. The lowest BCUT2D eigenvalue weighted by molar-refractivity contribution is -0.127.